The van der Waals surface area contributed by atoms with Crippen LogP contribution in [0.1, 0.15) is 16.1 Å². The van der Waals surface area contributed by atoms with Crippen LogP contribution in [-0.4, -0.2) is 22.3 Å². The van der Waals surface area contributed by atoms with Gasteiger partial charge in [0.1, 0.15) is 5.69 Å². The Morgan fingerprint density at radius 3 is 2.86 bits per heavy atom. The quantitative estimate of drug-likeness (QED) is 0.568. The third-order valence-corrected chi connectivity index (χ3v) is 2.78. The zero-order chi connectivity index (χ0) is 14.5. The van der Waals surface area contributed by atoms with Crippen LogP contribution in [0.5, 0.6) is 0 Å². The highest BCUT2D eigenvalue weighted by Gasteiger charge is 2.11. The maximum Gasteiger partial charge on any atom is 0.291 e. The summed E-state index contributed by atoms with van der Waals surface area (Å²) >= 11 is 0. The monoisotopic (exact) mass is 280 g/mol. The first kappa shape index (κ1) is 12.9. The van der Waals surface area contributed by atoms with Crippen molar-refractivity contribution < 1.29 is 9.21 Å². The lowest BCUT2D eigenvalue weighted by Gasteiger charge is -1.94. The summed E-state index contributed by atoms with van der Waals surface area (Å²) in [6, 6.07) is 14.6. The Bertz CT molecular complexity index is 745. The van der Waals surface area contributed by atoms with Crippen molar-refractivity contribution >= 4 is 12.1 Å². The second-order valence-corrected chi connectivity index (χ2v) is 4.25. The van der Waals surface area contributed by atoms with Crippen LogP contribution in [0.4, 0.5) is 0 Å². The van der Waals surface area contributed by atoms with Crippen molar-refractivity contribution in [1.29, 1.82) is 0 Å². The molecule has 0 unspecified atom stereocenters. The van der Waals surface area contributed by atoms with E-state index in [9.17, 15) is 4.79 Å². The van der Waals surface area contributed by atoms with Crippen LogP contribution in [0.25, 0.3) is 11.5 Å². The first-order valence-electron chi connectivity index (χ1n) is 6.31. The highest BCUT2D eigenvalue weighted by molar-refractivity contribution is 5.93. The van der Waals surface area contributed by atoms with Crippen LogP contribution in [0.15, 0.2) is 64.3 Å². The van der Waals surface area contributed by atoms with Gasteiger partial charge in [0.2, 0.25) is 0 Å². The fourth-order valence-corrected chi connectivity index (χ4v) is 1.76. The Labute approximate surface area is 120 Å². The number of hydrazone groups is 1. The molecule has 0 fully saturated rings. The molecule has 0 bridgehead atoms. The van der Waals surface area contributed by atoms with E-state index in [-0.39, 0.29) is 5.69 Å². The average molecular weight is 280 g/mol. The predicted octanol–water partition coefficient (Wildman–Crippen LogP) is 2.43. The summed E-state index contributed by atoms with van der Waals surface area (Å²) in [4.78, 5) is 11.9. The molecule has 1 amide bonds. The summed E-state index contributed by atoms with van der Waals surface area (Å²) in [5, 5.41) is 10.6. The minimum Gasteiger partial charge on any atom is -0.463 e. The Morgan fingerprint density at radius 1 is 1.24 bits per heavy atom. The molecule has 104 valence electrons. The van der Waals surface area contributed by atoms with Gasteiger partial charge in [0.25, 0.3) is 5.91 Å². The number of rotatable bonds is 4. The fraction of sp³-hybridized carbons (Fsp3) is 0. The van der Waals surface area contributed by atoms with Crippen molar-refractivity contribution in [2.24, 2.45) is 5.10 Å². The van der Waals surface area contributed by atoms with E-state index in [0.717, 1.165) is 5.56 Å². The van der Waals surface area contributed by atoms with Gasteiger partial charge in [-0.15, -0.1) is 0 Å². The van der Waals surface area contributed by atoms with Crippen molar-refractivity contribution in [1.82, 2.24) is 15.6 Å². The van der Waals surface area contributed by atoms with Gasteiger partial charge in [-0.25, -0.2) is 5.43 Å². The maximum absolute atomic E-state index is 11.9. The number of hydrogen-bond donors (Lipinski definition) is 2. The number of nitrogens with one attached hydrogen (secondary N) is 2. The number of benzene rings is 1. The van der Waals surface area contributed by atoms with E-state index >= 15 is 0 Å². The van der Waals surface area contributed by atoms with Crippen LogP contribution in [-0.2, 0) is 0 Å². The molecule has 2 aromatic heterocycles. The van der Waals surface area contributed by atoms with E-state index in [1.165, 1.54) is 0 Å². The maximum atomic E-state index is 11.9. The van der Waals surface area contributed by atoms with Gasteiger partial charge in [0.05, 0.1) is 12.5 Å². The third kappa shape index (κ3) is 3.06. The highest BCUT2D eigenvalue weighted by atomic mass is 16.3. The molecule has 0 aliphatic heterocycles. The largest absolute Gasteiger partial charge is 0.463 e. The molecule has 0 aliphatic carbocycles. The zero-order valence-electron chi connectivity index (χ0n) is 11.0. The van der Waals surface area contributed by atoms with Gasteiger partial charge in [-0.1, -0.05) is 30.3 Å². The third-order valence-electron chi connectivity index (χ3n) is 2.78. The van der Waals surface area contributed by atoms with E-state index in [0.29, 0.717) is 11.5 Å². The van der Waals surface area contributed by atoms with Gasteiger partial charge < -0.3 is 4.42 Å². The normalized spacial score (nSPS) is 10.9. The summed E-state index contributed by atoms with van der Waals surface area (Å²) in [7, 11) is 0. The number of H-pyrrole nitrogens is 1. The summed E-state index contributed by atoms with van der Waals surface area (Å²) in [5.41, 5.74) is 4.20. The lowest BCUT2D eigenvalue weighted by molar-refractivity contribution is 0.0950. The molecule has 3 aromatic rings. The molecule has 0 spiro atoms. The van der Waals surface area contributed by atoms with Gasteiger partial charge >= 0.3 is 0 Å². The standard InChI is InChI=1S/C15H12N4O2/c20-15(19-16-10-11-5-2-1-3-6-11)13-9-12(17-18-13)14-7-4-8-21-14/h1-10H,(H,17,18)(H,19,20)/b16-10-. The predicted molar refractivity (Wildman–Crippen MR) is 77.8 cm³/mol. The van der Waals surface area contributed by atoms with Gasteiger partial charge in [-0.3, -0.25) is 9.89 Å². The Morgan fingerprint density at radius 2 is 2.10 bits per heavy atom. The molecule has 0 saturated heterocycles. The molecule has 1 aromatic carbocycles. The van der Waals surface area contributed by atoms with E-state index in [1.807, 2.05) is 30.3 Å². The lowest BCUT2D eigenvalue weighted by atomic mass is 10.2. The van der Waals surface area contributed by atoms with Crippen LogP contribution < -0.4 is 5.43 Å². The Kier molecular flexibility index (Phi) is 3.60. The highest BCUT2D eigenvalue weighted by Crippen LogP contribution is 2.17. The zero-order valence-corrected chi connectivity index (χ0v) is 11.0. The number of carbonyl (C=O) groups is 1. The van der Waals surface area contributed by atoms with Gasteiger partial charge in [0.15, 0.2) is 11.5 Å². The van der Waals surface area contributed by atoms with Crippen molar-refractivity contribution in [2.45, 2.75) is 0 Å². The smallest absolute Gasteiger partial charge is 0.291 e. The number of hydrogen-bond acceptors (Lipinski definition) is 4. The molecule has 0 radical (unpaired) electrons. The molecule has 6 heteroatoms. The van der Waals surface area contributed by atoms with Crippen LogP contribution in [0.2, 0.25) is 0 Å². The Balaban J connectivity index is 1.65. The molecule has 2 N–H and O–H groups in total. The van der Waals surface area contributed by atoms with Gasteiger partial charge in [-0.05, 0) is 17.7 Å². The molecular weight excluding hydrogens is 268 g/mol. The molecule has 21 heavy (non-hydrogen) atoms. The van der Waals surface area contributed by atoms with Crippen molar-refractivity contribution in [2.75, 3.05) is 0 Å². The van der Waals surface area contributed by atoms with E-state index in [2.05, 4.69) is 20.7 Å². The van der Waals surface area contributed by atoms with Crippen molar-refractivity contribution in [3.63, 3.8) is 0 Å². The van der Waals surface area contributed by atoms with Crippen LogP contribution in [0, 0.1) is 0 Å². The lowest BCUT2D eigenvalue weighted by Crippen LogP contribution is -2.17. The minimum absolute atomic E-state index is 0.242. The average Bonchev–Trinajstić information content (AvgIpc) is 3.19. The van der Waals surface area contributed by atoms with Gasteiger partial charge in [-0.2, -0.15) is 10.2 Å². The molecule has 0 aliphatic rings. The molecular formula is C15H12N4O2. The number of nitrogens with zero attached hydrogens (tertiary/aromatic N) is 2. The van der Waals surface area contributed by atoms with Gasteiger partial charge in [0, 0.05) is 6.07 Å². The minimum atomic E-state index is -0.392. The second kappa shape index (κ2) is 5.87. The number of furan rings is 1. The van der Waals surface area contributed by atoms with E-state index in [1.54, 1.807) is 30.7 Å². The molecule has 3 rings (SSSR count). The van der Waals surface area contributed by atoms with E-state index < -0.39 is 5.91 Å². The molecule has 6 nitrogen and oxygen atoms in total. The second-order valence-electron chi connectivity index (χ2n) is 4.25. The van der Waals surface area contributed by atoms with Crippen molar-refractivity contribution in [3.05, 3.63) is 66.1 Å². The number of amides is 1. The van der Waals surface area contributed by atoms with Crippen LogP contribution in [0.3, 0.4) is 0 Å². The topological polar surface area (TPSA) is 83.3 Å². The SMILES string of the molecule is O=C(N/N=C\c1ccccc1)c1cc(-c2ccco2)[nH]n1. The fourth-order valence-electron chi connectivity index (χ4n) is 1.76. The summed E-state index contributed by atoms with van der Waals surface area (Å²) in [5.74, 6) is 0.227. The molecule has 2 heterocycles. The first-order chi connectivity index (χ1) is 10.3. The van der Waals surface area contributed by atoms with E-state index in [4.69, 9.17) is 4.42 Å². The number of aromatic amines is 1. The summed E-state index contributed by atoms with van der Waals surface area (Å²) in [6.45, 7) is 0. The molecule has 0 atom stereocenters. The summed E-state index contributed by atoms with van der Waals surface area (Å²) < 4.78 is 5.22. The van der Waals surface area contributed by atoms with Crippen molar-refractivity contribution in [3.8, 4) is 11.5 Å². The number of aromatic nitrogens is 2. The summed E-state index contributed by atoms with van der Waals surface area (Å²) in [6.07, 6.45) is 3.12. The number of carbonyl (C=O) groups excluding carboxylic acids is 1. The first-order valence-corrected chi connectivity index (χ1v) is 6.31. The van der Waals surface area contributed by atoms with Crippen LogP contribution >= 0.6 is 0 Å². The molecule has 0 saturated carbocycles. The Hall–Kier alpha value is -3.15.